The van der Waals surface area contributed by atoms with Crippen molar-refractivity contribution in [3.63, 3.8) is 0 Å². The molecule has 1 atom stereocenters. The van der Waals surface area contributed by atoms with Crippen molar-refractivity contribution in [3.8, 4) is 0 Å². The number of hydrogen-bond donors (Lipinski definition) is 2. The van der Waals surface area contributed by atoms with Crippen LogP contribution in [0.3, 0.4) is 0 Å². The van der Waals surface area contributed by atoms with Crippen LogP contribution in [0.15, 0.2) is 47.1 Å². The molecule has 29 heavy (non-hydrogen) atoms. The fourth-order valence-electron chi connectivity index (χ4n) is 3.52. The predicted octanol–water partition coefficient (Wildman–Crippen LogP) is 3.83. The Kier molecular flexibility index (Phi) is 5.90. The Morgan fingerprint density at radius 1 is 1.34 bits per heavy atom. The number of urea groups is 1. The quantitative estimate of drug-likeness (QED) is 0.661. The van der Waals surface area contributed by atoms with Gasteiger partial charge in [-0.3, -0.25) is 5.10 Å². The molecule has 1 saturated heterocycles. The van der Waals surface area contributed by atoms with Crippen LogP contribution in [0.2, 0.25) is 0 Å². The molecule has 1 fully saturated rings. The number of piperidine rings is 1. The van der Waals surface area contributed by atoms with E-state index in [1.165, 1.54) is 0 Å². The van der Waals surface area contributed by atoms with E-state index in [-0.39, 0.29) is 11.9 Å². The zero-order valence-corrected chi connectivity index (χ0v) is 16.4. The van der Waals surface area contributed by atoms with Gasteiger partial charge in [-0.1, -0.05) is 12.1 Å². The van der Waals surface area contributed by atoms with Crippen molar-refractivity contribution in [1.29, 1.82) is 0 Å². The second-order valence-electron chi connectivity index (χ2n) is 7.27. The highest BCUT2D eigenvalue weighted by atomic mass is 16.5. The van der Waals surface area contributed by atoms with Gasteiger partial charge in [0, 0.05) is 24.7 Å². The topological polar surface area (TPSA) is 96.3 Å². The molecule has 2 N–H and O–H groups in total. The van der Waals surface area contributed by atoms with Crippen molar-refractivity contribution >= 4 is 11.7 Å². The molecule has 8 nitrogen and oxygen atoms in total. The van der Waals surface area contributed by atoms with Crippen molar-refractivity contribution in [2.24, 2.45) is 0 Å². The van der Waals surface area contributed by atoms with Crippen LogP contribution in [0.4, 0.5) is 10.5 Å². The summed E-state index contributed by atoms with van der Waals surface area (Å²) in [4.78, 5) is 19.0. The molecule has 4 rings (SSSR count). The number of anilines is 1. The minimum Gasteiger partial charge on any atom is -0.467 e. The molecular weight excluding hydrogens is 370 g/mol. The van der Waals surface area contributed by atoms with E-state index in [0.717, 1.165) is 48.0 Å². The van der Waals surface area contributed by atoms with Gasteiger partial charge in [0.2, 0.25) is 0 Å². The fourth-order valence-corrected chi connectivity index (χ4v) is 3.52. The lowest BCUT2D eigenvalue weighted by atomic mass is 9.97. The van der Waals surface area contributed by atoms with E-state index in [1.807, 2.05) is 48.2 Å². The fraction of sp³-hybridized carbons (Fsp3) is 0.381. The molecular formula is C21H25N5O3. The molecule has 0 saturated carbocycles. The highest BCUT2D eigenvalue weighted by molar-refractivity contribution is 5.89. The molecule has 1 aromatic carbocycles. The van der Waals surface area contributed by atoms with Crippen LogP contribution in [0.5, 0.6) is 0 Å². The van der Waals surface area contributed by atoms with Gasteiger partial charge in [-0.25, -0.2) is 9.78 Å². The van der Waals surface area contributed by atoms with Gasteiger partial charge in [-0.05, 0) is 49.6 Å². The van der Waals surface area contributed by atoms with Gasteiger partial charge in [0.25, 0.3) is 0 Å². The first-order valence-electron chi connectivity index (χ1n) is 9.81. The van der Waals surface area contributed by atoms with E-state index in [2.05, 4.69) is 20.5 Å². The summed E-state index contributed by atoms with van der Waals surface area (Å²) in [6.07, 6.45) is 3.55. The number of aromatic amines is 1. The molecule has 3 heterocycles. The summed E-state index contributed by atoms with van der Waals surface area (Å²) in [5.41, 5.74) is 1.74. The van der Waals surface area contributed by atoms with E-state index in [4.69, 9.17) is 9.15 Å². The monoisotopic (exact) mass is 395 g/mol. The molecule has 152 valence electrons. The number of nitrogens with one attached hydrogen (secondary N) is 2. The predicted molar refractivity (Wildman–Crippen MR) is 107 cm³/mol. The van der Waals surface area contributed by atoms with Crippen LogP contribution in [0, 0.1) is 6.92 Å². The number of H-pyrrole nitrogens is 1. The standard InChI is InChI=1S/C21H25N5O3/c1-15-22-20(25-24-15)17-6-3-9-26(12-17)21(27)23-18-7-2-5-16(11-18)13-28-14-19-8-4-10-29-19/h2,4-5,7-8,10-11,17H,3,6,9,12-14H2,1H3,(H,23,27)(H,22,24,25). The third-order valence-electron chi connectivity index (χ3n) is 4.96. The number of aryl methyl sites for hydroxylation is 1. The second kappa shape index (κ2) is 8.91. The summed E-state index contributed by atoms with van der Waals surface area (Å²) >= 11 is 0. The van der Waals surface area contributed by atoms with Crippen molar-refractivity contribution in [2.75, 3.05) is 18.4 Å². The summed E-state index contributed by atoms with van der Waals surface area (Å²) in [6.45, 7) is 4.10. The van der Waals surface area contributed by atoms with Crippen LogP contribution >= 0.6 is 0 Å². The van der Waals surface area contributed by atoms with Crippen LogP contribution in [-0.2, 0) is 18.0 Å². The van der Waals surface area contributed by atoms with Gasteiger partial charge in [-0.15, -0.1) is 0 Å². The first-order chi connectivity index (χ1) is 14.2. The lowest BCUT2D eigenvalue weighted by Gasteiger charge is -2.31. The van der Waals surface area contributed by atoms with E-state index in [1.54, 1.807) is 6.26 Å². The van der Waals surface area contributed by atoms with Crippen LogP contribution in [-0.4, -0.2) is 39.2 Å². The Morgan fingerprint density at radius 2 is 2.28 bits per heavy atom. The van der Waals surface area contributed by atoms with Gasteiger partial charge in [0.15, 0.2) is 5.82 Å². The number of rotatable bonds is 6. The highest BCUT2D eigenvalue weighted by Gasteiger charge is 2.27. The number of hydrogen-bond acceptors (Lipinski definition) is 5. The summed E-state index contributed by atoms with van der Waals surface area (Å²) in [5, 5.41) is 10.1. The maximum atomic E-state index is 12.8. The smallest absolute Gasteiger partial charge is 0.321 e. The lowest BCUT2D eigenvalue weighted by Crippen LogP contribution is -2.41. The molecule has 0 aliphatic carbocycles. The zero-order chi connectivity index (χ0) is 20.1. The zero-order valence-electron chi connectivity index (χ0n) is 16.4. The van der Waals surface area contributed by atoms with Crippen LogP contribution < -0.4 is 5.32 Å². The third-order valence-corrected chi connectivity index (χ3v) is 4.96. The van der Waals surface area contributed by atoms with E-state index >= 15 is 0 Å². The normalized spacial score (nSPS) is 16.7. The van der Waals surface area contributed by atoms with Crippen molar-refractivity contribution < 1.29 is 13.9 Å². The molecule has 3 aromatic rings. The lowest BCUT2D eigenvalue weighted by molar-refractivity contribution is 0.0930. The third kappa shape index (κ3) is 5.03. The first kappa shape index (κ1) is 19.2. The molecule has 0 bridgehead atoms. The van der Waals surface area contributed by atoms with E-state index in [9.17, 15) is 4.79 Å². The van der Waals surface area contributed by atoms with Crippen LogP contribution in [0.1, 0.15) is 41.7 Å². The van der Waals surface area contributed by atoms with Gasteiger partial charge in [0.05, 0.1) is 12.9 Å². The number of carbonyl (C=O) groups excluding carboxylic acids is 1. The summed E-state index contributed by atoms with van der Waals surface area (Å²) in [5.74, 6) is 2.54. The molecule has 2 amide bonds. The Bertz CT molecular complexity index is 937. The summed E-state index contributed by atoms with van der Waals surface area (Å²) < 4.78 is 10.9. The van der Waals surface area contributed by atoms with Crippen LogP contribution in [0.25, 0.3) is 0 Å². The van der Waals surface area contributed by atoms with Crippen molar-refractivity contribution in [1.82, 2.24) is 20.1 Å². The number of furan rings is 1. The molecule has 1 unspecified atom stereocenters. The number of likely N-dealkylation sites (tertiary alicyclic amines) is 1. The number of aromatic nitrogens is 3. The minimum absolute atomic E-state index is 0.101. The number of benzene rings is 1. The summed E-state index contributed by atoms with van der Waals surface area (Å²) in [6, 6.07) is 11.3. The van der Waals surface area contributed by atoms with Gasteiger partial charge in [0.1, 0.15) is 18.2 Å². The molecule has 0 spiro atoms. The summed E-state index contributed by atoms with van der Waals surface area (Å²) in [7, 11) is 0. The Hall–Kier alpha value is -3.13. The second-order valence-corrected chi connectivity index (χ2v) is 7.27. The highest BCUT2D eigenvalue weighted by Crippen LogP contribution is 2.25. The Morgan fingerprint density at radius 3 is 3.07 bits per heavy atom. The maximum absolute atomic E-state index is 12.8. The molecule has 0 radical (unpaired) electrons. The van der Waals surface area contributed by atoms with Crippen molar-refractivity contribution in [3.05, 3.63) is 65.6 Å². The maximum Gasteiger partial charge on any atom is 0.321 e. The average molecular weight is 395 g/mol. The van der Waals surface area contributed by atoms with Gasteiger partial charge >= 0.3 is 6.03 Å². The largest absolute Gasteiger partial charge is 0.467 e. The van der Waals surface area contributed by atoms with Crippen molar-refractivity contribution in [2.45, 2.75) is 38.9 Å². The van der Waals surface area contributed by atoms with Gasteiger partial charge < -0.3 is 19.4 Å². The Balaban J connectivity index is 1.31. The number of carbonyl (C=O) groups is 1. The number of amides is 2. The van der Waals surface area contributed by atoms with Gasteiger partial charge in [-0.2, -0.15) is 5.10 Å². The molecule has 1 aliphatic heterocycles. The average Bonchev–Trinajstić information content (AvgIpc) is 3.40. The minimum atomic E-state index is -0.101. The van der Waals surface area contributed by atoms with E-state index < -0.39 is 0 Å². The number of ether oxygens (including phenoxy) is 1. The molecule has 2 aromatic heterocycles. The molecule has 8 heteroatoms. The SMILES string of the molecule is Cc1nc(C2CCCN(C(=O)Nc3cccc(COCc4ccco4)c3)C2)n[nH]1. The number of nitrogens with zero attached hydrogens (tertiary/aromatic N) is 3. The van der Waals surface area contributed by atoms with E-state index in [0.29, 0.717) is 19.8 Å². The Labute approximate surface area is 169 Å². The molecule has 1 aliphatic rings. The first-order valence-corrected chi connectivity index (χ1v) is 9.81.